The highest BCUT2D eigenvalue weighted by Crippen LogP contribution is 2.24. The van der Waals surface area contributed by atoms with Crippen LogP contribution in [0.5, 0.6) is 0 Å². The summed E-state index contributed by atoms with van der Waals surface area (Å²) in [6, 6.07) is 5.39. The molecule has 0 saturated carbocycles. The van der Waals surface area contributed by atoms with E-state index in [0.717, 1.165) is 16.1 Å². The van der Waals surface area contributed by atoms with Crippen LogP contribution < -0.4 is 0 Å². The first-order valence-corrected chi connectivity index (χ1v) is 8.99. The number of carbonyl (C=O) groups is 1. The third-order valence-corrected chi connectivity index (χ3v) is 5.75. The number of rotatable bonds is 3. The first-order valence-electron chi connectivity index (χ1n) is 7.55. The van der Waals surface area contributed by atoms with Gasteiger partial charge in [-0.15, -0.1) is 0 Å². The normalized spacial score (nSPS) is 17.4. The molecule has 1 heterocycles. The molecule has 11 heteroatoms. The Bertz CT molecular complexity index is 795. The minimum absolute atomic E-state index is 0.00613. The molecule has 1 amide bonds. The minimum atomic E-state index is -4.65. The summed E-state index contributed by atoms with van der Waals surface area (Å²) in [4.78, 5) is 16.0. The highest BCUT2D eigenvalue weighted by molar-refractivity contribution is 7.89. The van der Waals surface area contributed by atoms with Crippen LogP contribution in [0.1, 0.15) is 6.92 Å². The predicted octanol–water partition coefficient (Wildman–Crippen LogP) is 2.63. The largest absolute Gasteiger partial charge is 0.437 e. The third kappa shape index (κ3) is 4.44. The molecule has 1 aliphatic heterocycles. The number of benzene rings is 1. The lowest BCUT2D eigenvalue weighted by atomic mass is 10.3. The van der Waals surface area contributed by atoms with Crippen molar-refractivity contribution in [2.75, 3.05) is 26.2 Å². The van der Waals surface area contributed by atoms with Crippen molar-refractivity contribution in [1.82, 2.24) is 9.21 Å². The summed E-state index contributed by atoms with van der Waals surface area (Å²) in [5, 5.41) is 0. The van der Waals surface area contributed by atoms with Crippen LogP contribution in [-0.4, -0.2) is 62.2 Å². The molecule has 0 spiro atoms. The third-order valence-electron chi connectivity index (χ3n) is 3.84. The molecule has 0 N–H and O–H groups in total. The van der Waals surface area contributed by atoms with Gasteiger partial charge in [-0.05, 0) is 6.92 Å². The second-order valence-electron chi connectivity index (χ2n) is 5.56. The second kappa shape index (κ2) is 7.51. The maximum absolute atomic E-state index is 12.5. The van der Waals surface area contributed by atoms with Crippen LogP contribution in [0, 0.1) is 6.57 Å². The number of alkyl halides is 3. The van der Waals surface area contributed by atoms with Gasteiger partial charge in [0.2, 0.25) is 10.0 Å². The Morgan fingerprint density at radius 1 is 1.19 bits per heavy atom. The number of halogens is 3. The molecule has 26 heavy (non-hydrogen) atoms. The van der Waals surface area contributed by atoms with Crippen LogP contribution in [0.4, 0.5) is 23.7 Å². The number of piperazine rings is 1. The first kappa shape index (κ1) is 20.0. The SMILES string of the molecule is [C-]#[N+]c1ccc(S(=O)(=O)N2CCN(C(=O)OC(C)C(F)(F)F)CC2)cc1. The zero-order chi connectivity index (χ0) is 19.5. The fourth-order valence-corrected chi connectivity index (χ4v) is 3.67. The number of hydrogen-bond acceptors (Lipinski definition) is 4. The summed E-state index contributed by atoms with van der Waals surface area (Å²) in [6.07, 6.45) is -8.02. The summed E-state index contributed by atoms with van der Waals surface area (Å²) in [5.74, 6) is 0. The van der Waals surface area contributed by atoms with Gasteiger partial charge in [0.25, 0.3) is 0 Å². The van der Waals surface area contributed by atoms with Gasteiger partial charge in [-0.1, -0.05) is 24.3 Å². The summed E-state index contributed by atoms with van der Waals surface area (Å²) in [5.41, 5.74) is 0.301. The highest BCUT2D eigenvalue weighted by atomic mass is 32.2. The molecule has 142 valence electrons. The van der Waals surface area contributed by atoms with E-state index in [1.165, 1.54) is 24.3 Å². The van der Waals surface area contributed by atoms with Crippen molar-refractivity contribution in [1.29, 1.82) is 0 Å². The zero-order valence-corrected chi connectivity index (χ0v) is 14.5. The minimum Gasteiger partial charge on any atom is -0.437 e. The molecule has 1 fully saturated rings. The van der Waals surface area contributed by atoms with Gasteiger partial charge >= 0.3 is 12.3 Å². The number of nitrogens with zero attached hydrogens (tertiary/aromatic N) is 3. The molecule has 0 aliphatic carbocycles. The quantitative estimate of drug-likeness (QED) is 0.743. The van der Waals surface area contributed by atoms with E-state index in [4.69, 9.17) is 6.57 Å². The number of hydrogen-bond donors (Lipinski definition) is 0. The lowest BCUT2D eigenvalue weighted by Gasteiger charge is -2.34. The van der Waals surface area contributed by atoms with E-state index in [2.05, 4.69) is 9.58 Å². The van der Waals surface area contributed by atoms with Crippen LogP contribution in [0.2, 0.25) is 0 Å². The highest BCUT2D eigenvalue weighted by Gasteiger charge is 2.40. The number of amides is 1. The average molecular weight is 391 g/mol. The summed E-state index contributed by atoms with van der Waals surface area (Å²) < 4.78 is 67.9. The van der Waals surface area contributed by atoms with Gasteiger partial charge in [-0.3, -0.25) is 0 Å². The van der Waals surface area contributed by atoms with Gasteiger partial charge in [-0.2, -0.15) is 17.5 Å². The Morgan fingerprint density at radius 2 is 1.73 bits per heavy atom. The predicted molar refractivity (Wildman–Crippen MR) is 85.0 cm³/mol. The number of carbonyl (C=O) groups excluding carboxylic acids is 1. The average Bonchev–Trinajstić information content (AvgIpc) is 2.61. The maximum atomic E-state index is 12.5. The van der Waals surface area contributed by atoms with Crippen molar-refractivity contribution in [3.63, 3.8) is 0 Å². The molecule has 1 atom stereocenters. The van der Waals surface area contributed by atoms with Crippen molar-refractivity contribution < 1.29 is 31.1 Å². The molecule has 1 aromatic rings. The second-order valence-corrected chi connectivity index (χ2v) is 7.50. The van der Waals surface area contributed by atoms with Gasteiger partial charge in [0, 0.05) is 26.2 Å². The van der Waals surface area contributed by atoms with E-state index in [-0.39, 0.29) is 31.1 Å². The Labute approximate surface area is 148 Å². The summed E-state index contributed by atoms with van der Waals surface area (Å²) in [6.45, 7) is 7.29. The van der Waals surface area contributed by atoms with Crippen LogP contribution in [-0.2, 0) is 14.8 Å². The van der Waals surface area contributed by atoms with Gasteiger partial charge < -0.3 is 9.64 Å². The molecule has 2 rings (SSSR count). The van der Waals surface area contributed by atoms with Gasteiger partial charge in [0.1, 0.15) is 0 Å². The van der Waals surface area contributed by atoms with Crippen LogP contribution >= 0.6 is 0 Å². The van der Waals surface area contributed by atoms with Crippen molar-refractivity contribution in [2.45, 2.75) is 24.1 Å². The van der Waals surface area contributed by atoms with Crippen LogP contribution in [0.25, 0.3) is 4.85 Å². The fraction of sp³-hybridized carbons (Fsp3) is 0.467. The van der Waals surface area contributed by atoms with E-state index in [1.807, 2.05) is 0 Å². The molecule has 1 aromatic carbocycles. The lowest BCUT2D eigenvalue weighted by Crippen LogP contribution is -2.51. The topological polar surface area (TPSA) is 71.3 Å². The van der Waals surface area contributed by atoms with Crippen molar-refractivity contribution in [3.8, 4) is 0 Å². The van der Waals surface area contributed by atoms with Gasteiger partial charge in [-0.25, -0.2) is 18.1 Å². The molecular weight excluding hydrogens is 375 g/mol. The molecule has 1 aliphatic rings. The van der Waals surface area contributed by atoms with Gasteiger partial charge in [0.15, 0.2) is 11.8 Å². The van der Waals surface area contributed by atoms with Crippen LogP contribution in [0.15, 0.2) is 29.2 Å². The van der Waals surface area contributed by atoms with Crippen LogP contribution in [0.3, 0.4) is 0 Å². The monoisotopic (exact) mass is 391 g/mol. The van der Waals surface area contributed by atoms with E-state index >= 15 is 0 Å². The smallest absolute Gasteiger partial charge is 0.425 e. The van der Waals surface area contributed by atoms with E-state index in [9.17, 15) is 26.4 Å². The lowest BCUT2D eigenvalue weighted by molar-refractivity contribution is -0.199. The van der Waals surface area contributed by atoms with E-state index in [0.29, 0.717) is 5.69 Å². The summed E-state index contributed by atoms with van der Waals surface area (Å²) in [7, 11) is -3.81. The van der Waals surface area contributed by atoms with Crippen molar-refractivity contribution in [3.05, 3.63) is 35.7 Å². The van der Waals surface area contributed by atoms with Gasteiger partial charge in [0.05, 0.1) is 11.5 Å². The molecule has 1 saturated heterocycles. The molecule has 0 radical (unpaired) electrons. The molecular formula is C15H16F3N3O4S. The van der Waals surface area contributed by atoms with Crippen molar-refractivity contribution in [2.24, 2.45) is 0 Å². The number of ether oxygens (including phenoxy) is 1. The molecule has 1 unspecified atom stereocenters. The van der Waals surface area contributed by atoms with E-state index in [1.54, 1.807) is 0 Å². The molecule has 0 aromatic heterocycles. The molecule has 7 nitrogen and oxygen atoms in total. The Kier molecular flexibility index (Phi) is 5.77. The maximum Gasteiger partial charge on any atom is 0.425 e. The number of sulfonamides is 1. The fourth-order valence-electron chi connectivity index (χ4n) is 2.25. The standard InChI is InChI=1S/C15H16F3N3O4S/c1-11(15(16,17)18)25-14(22)20-7-9-21(10-8-20)26(23,24)13-5-3-12(19-2)4-6-13/h3-6,11H,7-10H2,1H3. The first-order chi connectivity index (χ1) is 12.1. The van der Waals surface area contributed by atoms with Crippen molar-refractivity contribution >= 4 is 21.8 Å². The summed E-state index contributed by atoms with van der Waals surface area (Å²) >= 11 is 0. The zero-order valence-electron chi connectivity index (χ0n) is 13.7. The van der Waals surface area contributed by atoms with E-state index < -0.39 is 28.4 Å². The molecule has 0 bridgehead atoms. The Balaban J connectivity index is 1.98. The Morgan fingerprint density at radius 3 is 2.19 bits per heavy atom. The Hall–Kier alpha value is -2.32.